The second-order valence-corrected chi connectivity index (χ2v) is 6.01. The van der Waals surface area contributed by atoms with Gasteiger partial charge >= 0.3 is 0 Å². The van der Waals surface area contributed by atoms with Gasteiger partial charge in [0.05, 0.1) is 20.1 Å². The van der Waals surface area contributed by atoms with Crippen LogP contribution >= 0.6 is 0 Å². The van der Waals surface area contributed by atoms with Crippen molar-refractivity contribution in [3.63, 3.8) is 0 Å². The van der Waals surface area contributed by atoms with Gasteiger partial charge in [0.1, 0.15) is 5.75 Å². The molecular weight excluding hydrogens is 316 g/mol. The van der Waals surface area contributed by atoms with E-state index in [-0.39, 0.29) is 24.8 Å². The molecule has 0 bridgehead atoms. The zero-order valence-electron chi connectivity index (χ0n) is 14.9. The summed E-state index contributed by atoms with van der Waals surface area (Å²) in [4.78, 5) is 23.9. The van der Waals surface area contributed by atoms with Gasteiger partial charge in [-0.25, -0.2) is 0 Å². The molecule has 0 saturated carbocycles. The zero-order chi connectivity index (χ0) is 18.2. The van der Waals surface area contributed by atoms with Crippen molar-refractivity contribution < 1.29 is 14.3 Å². The maximum atomic E-state index is 12.0. The Hall–Kier alpha value is -2.82. The molecule has 0 spiro atoms. The molecule has 5 nitrogen and oxygen atoms in total. The largest absolute Gasteiger partial charge is 0.497 e. The average molecular weight is 340 g/mol. The molecule has 0 saturated heterocycles. The lowest BCUT2D eigenvalue weighted by Crippen LogP contribution is -2.37. The molecule has 0 aliphatic heterocycles. The van der Waals surface area contributed by atoms with Crippen LogP contribution in [0, 0.1) is 13.8 Å². The number of hydrogen-bond acceptors (Lipinski definition) is 3. The smallest absolute Gasteiger partial charge is 0.239 e. The molecule has 2 aromatic carbocycles. The molecule has 2 rings (SSSR count). The molecule has 2 aromatic rings. The van der Waals surface area contributed by atoms with E-state index in [1.54, 1.807) is 7.11 Å². The Morgan fingerprint density at radius 3 is 2.36 bits per heavy atom. The van der Waals surface area contributed by atoms with Crippen LogP contribution < -0.4 is 15.4 Å². The summed E-state index contributed by atoms with van der Waals surface area (Å²) in [5, 5.41) is 5.44. The highest BCUT2D eigenvalue weighted by Gasteiger charge is 2.08. The number of nitrogens with one attached hydrogen (secondary N) is 2. The fourth-order valence-corrected chi connectivity index (χ4v) is 2.41. The van der Waals surface area contributed by atoms with Crippen LogP contribution in [0.5, 0.6) is 5.75 Å². The van der Waals surface area contributed by atoms with E-state index in [4.69, 9.17) is 4.74 Å². The number of aryl methyl sites for hydroxylation is 2. The number of hydrogen-bond donors (Lipinski definition) is 2. The number of amides is 2. The predicted octanol–water partition coefficient (Wildman–Crippen LogP) is 2.29. The first kappa shape index (κ1) is 18.5. The second-order valence-electron chi connectivity index (χ2n) is 6.01. The molecule has 2 N–H and O–H groups in total. The van der Waals surface area contributed by atoms with Crippen molar-refractivity contribution in [2.24, 2.45) is 0 Å². The highest BCUT2D eigenvalue weighted by Crippen LogP contribution is 2.12. The van der Waals surface area contributed by atoms with E-state index >= 15 is 0 Å². The Bertz CT molecular complexity index is 739. The molecule has 0 aliphatic carbocycles. The minimum Gasteiger partial charge on any atom is -0.497 e. The van der Waals surface area contributed by atoms with Crippen LogP contribution in [0.4, 0.5) is 0 Å². The van der Waals surface area contributed by atoms with Crippen LogP contribution in [-0.4, -0.2) is 25.5 Å². The highest BCUT2D eigenvalue weighted by atomic mass is 16.5. The van der Waals surface area contributed by atoms with Gasteiger partial charge < -0.3 is 15.4 Å². The summed E-state index contributed by atoms with van der Waals surface area (Å²) in [6, 6.07) is 13.5. The van der Waals surface area contributed by atoms with Crippen molar-refractivity contribution in [2.45, 2.75) is 26.8 Å². The van der Waals surface area contributed by atoms with E-state index in [9.17, 15) is 9.59 Å². The first-order valence-corrected chi connectivity index (χ1v) is 8.20. The number of benzene rings is 2. The molecule has 132 valence electrons. The third kappa shape index (κ3) is 5.95. The van der Waals surface area contributed by atoms with Crippen LogP contribution in [0.15, 0.2) is 42.5 Å². The van der Waals surface area contributed by atoms with E-state index in [1.807, 2.05) is 56.3 Å². The van der Waals surface area contributed by atoms with Gasteiger partial charge in [-0.15, -0.1) is 0 Å². The molecule has 0 aromatic heterocycles. The Balaban J connectivity index is 1.75. The van der Waals surface area contributed by atoms with Gasteiger partial charge in [-0.2, -0.15) is 0 Å². The first-order chi connectivity index (χ1) is 12.0. The Labute approximate surface area is 148 Å². The number of ether oxygens (including phenoxy) is 1. The normalized spacial score (nSPS) is 10.2. The van der Waals surface area contributed by atoms with Crippen molar-refractivity contribution in [3.05, 3.63) is 64.7 Å². The van der Waals surface area contributed by atoms with Gasteiger partial charge in [0, 0.05) is 6.54 Å². The van der Waals surface area contributed by atoms with Crippen molar-refractivity contribution in [3.8, 4) is 5.75 Å². The van der Waals surface area contributed by atoms with Crippen LogP contribution in [0.1, 0.15) is 22.3 Å². The molecule has 0 aliphatic rings. The highest BCUT2D eigenvalue weighted by molar-refractivity contribution is 5.85. The molecule has 0 atom stereocenters. The minimum atomic E-state index is -0.217. The van der Waals surface area contributed by atoms with E-state index in [0.717, 1.165) is 28.0 Å². The molecule has 5 heteroatoms. The third-order valence-corrected chi connectivity index (χ3v) is 3.95. The Morgan fingerprint density at radius 1 is 0.960 bits per heavy atom. The minimum absolute atomic E-state index is 0.0279. The summed E-state index contributed by atoms with van der Waals surface area (Å²) >= 11 is 0. The summed E-state index contributed by atoms with van der Waals surface area (Å²) in [5.74, 6) is 0.396. The lowest BCUT2D eigenvalue weighted by molar-refractivity contribution is -0.125. The van der Waals surface area contributed by atoms with Gasteiger partial charge in [-0.05, 0) is 42.7 Å². The fraction of sp³-hybridized carbons (Fsp3) is 0.300. The standard InChI is InChI=1S/C20H24N2O3/c1-14-4-5-15(2)17(10-14)11-19(23)22-13-20(24)21-12-16-6-8-18(25-3)9-7-16/h4-10H,11-13H2,1-3H3,(H,21,24)(H,22,23). The van der Waals surface area contributed by atoms with Gasteiger partial charge in [-0.3, -0.25) is 9.59 Å². The molecular formula is C20H24N2O3. The third-order valence-electron chi connectivity index (χ3n) is 3.95. The Kier molecular flexibility index (Phi) is 6.57. The van der Waals surface area contributed by atoms with Crippen molar-refractivity contribution in [1.82, 2.24) is 10.6 Å². The summed E-state index contributed by atoms with van der Waals surface area (Å²) in [6.07, 6.45) is 0.277. The first-order valence-electron chi connectivity index (χ1n) is 8.20. The van der Waals surface area contributed by atoms with E-state index in [0.29, 0.717) is 6.54 Å². The number of carbonyl (C=O) groups is 2. The van der Waals surface area contributed by atoms with Gasteiger partial charge in [0.15, 0.2) is 0 Å². The maximum Gasteiger partial charge on any atom is 0.239 e. The number of carbonyl (C=O) groups excluding carboxylic acids is 2. The number of rotatable bonds is 7. The molecule has 0 unspecified atom stereocenters. The van der Waals surface area contributed by atoms with E-state index in [1.165, 1.54) is 0 Å². The SMILES string of the molecule is COc1ccc(CNC(=O)CNC(=O)Cc2cc(C)ccc2C)cc1. The summed E-state index contributed by atoms with van der Waals surface area (Å²) in [6.45, 7) is 4.35. The maximum absolute atomic E-state index is 12.0. The number of methoxy groups -OCH3 is 1. The summed E-state index contributed by atoms with van der Waals surface area (Å²) < 4.78 is 5.09. The quantitative estimate of drug-likeness (QED) is 0.813. The lowest BCUT2D eigenvalue weighted by atomic mass is 10.0. The van der Waals surface area contributed by atoms with Gasteiger partial charge in [-0.1, -0.05) is 35.9 Å². The molecule has 0 radical (unpaired) electrons. The monoisotopic (exact) mass is 340 g/mol. The van der Waals surface area contributed by atoms with Crippen molar-refractivity contribution in [1.29, 1.82) is 0 Å². The summed E-state index contributed by atoms with van der Waals surface area (Å²) in [5.41, 5.74) is 4.14. The average Bonchev–Trinajstić information content (AvgIpc) is 2.61. The van der Waals surface area contributed by atoms with Crippen molar-refractivity contribution >= 4 is 11.8 Å². The van der Waals surface area contributed by atoms with Gasteiger partial charge in [0.2, 0.25) is 11.8 Å². The fourth-order valence-electron chi connectivity index (χ4n) is 2.41. The van der Waals surface area contributed by atoms with E-state index in [2.05, 4.69) is 10.6 Å². The summed E-state index contributed by atoms with van der Waals surface area (Å²) in [7, 11) is 1.61. The molecule has 25 heavy (non-hydrogen) atoms. The predicted molar refractivity (Wildman–Crippen MR) is 97.5 cm³/mol. The molecule has 0 fully saturated rings. The molecule has 2 amide bonds. The zero-order valence-corrected chi connectivity index (χ0v) is 14.9. The van der Waals surface area contributed by atoms with Crippen LogP contribution in [-0.2, 0) is 22.6 Å². The van der Waals surface area contributed by atoms with Crippen molar-refractivity contribution in [2.75, 3.05) is 13.7 Å². The topological polar surface area (TPSA) is 67.4 Å². The van der Waals surface area contributed by atoms with Crippen LogP contribution in [0.3, 0.4) is 0 Å². The Morgan fingerprint density at radius 2 is 1.68 bits per heavy atom. The van der Waals surface area contributed by atoms with Crippen LogP contribution in [0.25, 0.3) is 0 Å². The van der Waals surface area contributed by atoms with Crippen LogP contribution in [0.2, 0.25) is 0 Å². The van der Waals surface area contributed by atoms with Gasteiger partial charge in [0.25, 0.3) is 0 Å². The second kappa shape index (κ2) is 8.87. The van der Waals surface area contributed by atoms with E-state index < -0.39 is 0 Å². The molecule has 0 heterocycles. The lowest BCUT2D eigenvalue weighted by Gasteiger charge is -2.09.